The van der Waals surface area contributed by atoms with Gasteiger partial charge in [-0.2, -0.15) is 14.9 Å². The van der Waals surface area contributed by atoms with E-state index in [1.807, 2.05) is 43.3 Å². The average Bonchev–Trinajstić information content (AvgIpc) is 3.27. The molecule has 37 heavy (non-hydrogen) atoms. The van der Waals surface area contributed by atoms with Gasteiger partial charge < -0.3 is 19.5 Å². The van der Waals surface area contributed by atoms with E-state index in [9.17, 15) is 4.79 Å². The van der Waals surface area contributed by atoms with E-state index in [2.05, 4.69) is 31.5 Å². The molecule has 186 valence electrons. The number of anilines is 1. The van der Waals surface area contributed by atoms with Gasteiger partial charge in [-0.25, -0.2) is 4.98 Å². The van der Waals surface area contributed by atoms with E-state index < -0.39 is 0 Å². The zero-order chi connectivity index (χ0) is 25.9. The minimum atomic E-state index is -0.272. The highest BCUT2D eigenvalue weighted by atomic mass is 16.5. The van der Waals surface area contributed by atoms with Gasteiger partial charge in [0.2, 0.25) is 5.91 Å². The Hall–Kier alpha value is -4.91. The third-order valence-electron chi connectivity index (χ3n) is 6.11. The number of rotatable bonds is 7. The van der Waals surface area contributed by atoms with E-state index in [1.54, 1.807) is 26.5 Å². The topological polar surface area (TPSA) is 113 Å². The highest BCUT2D eigenvalue weighted by Gasteiger charge is 2.34. The number of aryl methyl sites for hydroxylation is 1. The predicted molar refractivity (Wildman–Crippen MR) is 136 cm³/mol. The third-order valence-corrected chi connectivity index (χ3v) is 6.11. The molecule has 3 heterocycles. The summed E-state index contributed by atoms with van der Waals surface area (Å²) < 4.78 is 17.9. The van der Waals surface area contributed by atoms with Crippen LogP contribution in [-0.4, -0.2) is 51.7 Å². The number of terminal acetylenes is 1. The lowest BCUT2D eigenvalue weighted by atomic mass is 9.85. The van der Waals surface area contributed by atoms with Crippen molar-refractivity contribution in [2.75, 3.05) is 26.1 Å². The van der Waals surface area contributed by atoms with E-state index in [0.717, 1.165) is 22.4 Å². The van der Waals surface area contributed by atoms with Gasteiger partial charge in [0.25, 0.3) is 5.95 Å². The summed E-state index contributed by atoms with van der Waals surface area (Å²) in [5, 5.41) is 16.0. The maximum Gasteiger partial charge on any atom is 0.272 e. The van der Waals surface area contributed by atoms with Crippen LogP contribution in [0.25, 0.3) is 17.2 Å². The molecule has 0 unspecified atom stereocenters. The molecule has 0 spiro atoms. The number of nitrogens with zero attached hydrogens (tertiary/aromatic N) is 5. The Kier molecular flexibility index (Phi) is 6.43. The molecule has 0 saturated heterocycles. The minimum absolute atomic E-state index is 0.0984. The number of carbonyl (C=O) groups is 1. The lowest BCUT2D eigenvalue weighted by molar-refractivity contribution is -0.116. The van der Waals surface area contributed by atoms with Gasteiger partial charge in [-0.15, -0.1) is 11.5 Å². The molecule has 5 rings (SSSR count). The van der Waals surface area contributed by atoms with Gasteiger partial charge in [0, 0.05) is 23.5 Å². The van der Waals surface area contributed by atoms with Crippen molar-refractivity contribution in [1.29, 1.82) is 0 Å². The van der Waals surface area contributed by atoms with Gasteiger partial charge in [-0.05, 0) is 36.8 Å². The fourth-order valence-corrected chi connectivity index (χ4v) is 4.42. The Balaban J connectivity index is 1.57. The molecule has 0 bridgehead atoms. The van der Waals surface area contributed by atoms with Gasteiger partial charge in [0.05, 0.1) is 31.8 Å². The molecule has 1 atom stereocenters. The van der Waals surface area contributed by atoms with Crippen molar-refractivity contribution in [3.05, 3.63) is 65.5 Å². The average molecular weight is 497 g/mol. The maximum atomic E-state index is 12.8. The summed E-state index contributed by atoms with van der Waals surface area (Å²) in [6.07, 6.45) is 7.17. The fourth-order valence-electron chi connectivity index (χ4n) is 4.42. The summed E-state index contributed by atoms with van der Waals surface area (Å²) in [4.78, 5) is 17.5. The zero-order valence-electron chi connectivity index (χ0n) is 20.6. The number of ether oxygens (including phenoxy) is 3. The molecule has 1 aliphatic heterocycles. The normalized spacial score (nSPS) is 14.3. The first-order valence-electron chi connectivity index (χ1n) is 11.5. The fraction of sp³-hybridized carbons (Fsp3) is 0.222. The second-order valence-electron chi connectivity index (χ2n) is 8.34. The molecule has 1 aliphatic rings. The molecule has 1 amide bonds. The second-order valence-corrected chi connectivity index (χ2v) is 8.34. The summed E-state index contributed by atoms with van der Waals surface area (Å²) in [6.45, 7) is 1.99. The third kappa shape index (κ3) is 4.54. The molecule has 10 nitrogen and oxygen atoms in total. The molecular weight excluding hydrogens is 472 g/mol. The van der Waals surface area contributed by atoms with Crippen LogP contribution in [0.15, 0.2) is 48.7 Å². The number of hydrogen-bond donors (Lipinski definition) is 1. The first kappa shape index (κ1) is 23.8. The van der Waals surface area contributed by atoms with E-state index in [4.69, 9.17) is 20.6 Å². The SMILES string of the molecule is C#CCOc1cc([C@H]2CC(=O)Nc3c2c(C)nn3-c2nncc(-c3cccc(OC)c3)n2)ccc1OC. The van der Waals surface area contributed by atoms with Gasteiger partial charge >= 0.3 is 0 Å². The molecule has 0 radical (unpaired) electrons. The molecule has 2 aromatic heterocycles. The number of fused-ring (bicyclic) bond motifs is 1. The lowest BCUT2D eigenvalue weighted by Gasteiger charge is -2.25. The molecule has 4 aromatic rings. The van der Waals surface area contributed by atoms with Crippen LogP contribution >= 0.6 is 0 Å². The quantitative estimate of drug-likeness (QED) is 0.387. The first-order valence-corrected chi connectivity index (χ1v) is 11.5. The largest absolute Gasteiger partial charge is 0.497 e. The highest BCUT2D eigenvalue weighted by molar-refractivity contribution is 5.95. The van der Waals surface area contributed by atoms with Crippen molar-refractivity contribution in [1.82, 2.24) is 25.0 Å². The lowest BCUT2D eigenvalue weighted by Crippen LogP contribution is -2.25. The number of benzene rings is 2. The summed E-state index contributed by atoms with van der Waals surface area (Å²) in [7, 11) is 3.17. The Labute approximate surface area is 213 Å². The van der Waals surface area contributed by atoms with Gasteiger partial charge in [-0.1, -0.05) is 24.1 Å². The highest BCUT2D eigenvalue weighted by Crippen LogP contribution is 2.42. The number of hydrogen-bond acceptors (Lipinski definition) is 8. The van der Waals surface area contributed by atoms with Crippen LogP contribution in [0.3, 0.4) is 0 Å². The predicted octanol–water partition coefficient (Wildman–Crippen LogP) is 3.54. The van der Waals surface area contributed by atoms with Crippen LogP contribution < -0.4 is 19.5 Å². The second kappa shape index (κ2) is 9.99. The maximum absolute atomic E-state index is 12.8. The summed E-state index contributed by atoms with van der Waals surface area (Å²) in [6, 6.07) is 13.0. The number of carbonyl (C=O) groups excluding carboxylic acids is 1. The molecule has 10 heteroatoms. The van der Waals surface area contributed by atoms with Gasteiger partial charge in [0.1, 0.15) is 18.2 Å². The Morgan fingerprint density at radius 2 is 2.03 bits per heavy atom. The summed E-state index contributed by atoms with van der Waals surface area (Å²) in [5.74, 6) is 4.54. The summed E-state index contributed by atoms with van der Waals surface area (Å²) in [5.41, 5.74) is 3.87. The number of amides is 1. The van der Waals surface area contributed by atoms with Crippen LogP contribution in [-0.2, 0) is 4.79 Å². The first-order chi connectivity index (χ1) is 18.0. The number of methoxy groups -OCH3 is 2. The summed E-state index contributed by atoms with van der Waals surface area (Å²) >= 11 is 0. The minimum Gasteiger partial charge on any atom is -0.497 e. The van der Waals surface area contributed by atoms with Crippen LogP contribution in [0.1, 0.15) is 29.2 Å². The van der Waals surface area contributed by atoms with Crippen LogP contribution in [0.2, 0.25) is 0 Å². The van der Waals surface area contributed by atoms with Crippen molar-refractivity contribution in [2.24, 2.45) is 0 Å². The molecule has 0 fully saturated rings. The van der Waals surface area contributed by atoms with Crippen LogP contribution in [0, 0.1) is 19.3 Å². The van der Waals surface area contributed by atoms with Gasteiger partial charge in [0.15, 0.2) is 11.5 Å². The molecular formula is C27H24N6O4. The molecule has 2 aromatic carbocycles. The molecule has 0 saturated carbocycles. The van der Waals surface area contributed by atoms with E-state index in [-0.39, 0.29) is 30.8 Å². The number of aromatic nitrogens is 5. The smallest absolute Gasteiger partial charge is 0.272 e. The Morgan fingerprint density at radius 1 is 1.16 bits per heavy atom. The van der Waals surface area contributed by atoms with Crippen molar-refractivity contribution in [3.8, 4) is 46.8 Å². The van der Waals surface area contributed by atoms with E-state index in [1.165, 1.54) is 4.68 Å². The van der Waals surface area contributed by atoms with Crippen molar-refractivity contribution in [3.63, 3.8) is 0 Å². The van der Waals surface area contributed by atoms with E-state index >= 15 is 0 Å². The van der Waals surface area contributed by atoms with Crippen LogP contribution in [0.4, 0.5) is 5.82 Å². The van der Waals surface area contributed by atoms with Gasteiger partial charge in [-0.3, -0.25) is 4.79 Å². The monoisotopic (exact) mass is 496 g/mol. The van der Waals surface area contributed by atoms with Crippen molar-refractivity contribution in [2.45, 2.75) is 19.3 Å². The standard InChI is InChI=1S/C27H24N6O4/c1-5-11-37-23-13-17(9-10-22(23)36-4)20-14-24(34)30-26-25(20)16(2)32-33(26)27-29-21(15-28-31-27)18-7-6-8-19(12-18)35-3/h1,6-10,12-13,15,20H,11,14H2,2-4H3,(H,30,34)/t20-/m1/s1. The molecule has 1 N–H and O–H groups in total. The van der Waals surface area contributed by atoms with Crippen LogP contribution in [0.5, 0.6) is 17.2 Å². The molecule has 0 aliphatic carbocycles. The van der Waals surface area contributed by atoms with E-state index in [0.29, 0.717) is 28.8 Å². The number of nitrogens with one attached hydrogen (secondary N) is 1. The zero-order valence-corrected chi connectivity index (χ0v) is 20.6. The van der Waals surface area contributed by atoms with Crippen molar-refractivity contribution >= 4 is 11.7 Å². The van der Waals surface area contributed by atoms with Crippen molar-refractivity contribution < 1.29 is 19.0 Å². The Morgan fingerprint density at radius 3 is 2.81 bits per heavy atom. The Bertz CT molecular complexity index is 1520.